The molecule has 2 aromatic rings. The molecule has 148 valence electrons. The van der Waals surface area contributed by atoms with Gasteiger partial charge in [-0.15, -0.1) is 6.42 Å². The molecule has 3 amide bonds. The molecule has 1 aromatic heterocycles. The van der Waals surface area contributed by atoms with Gasteiger partial charge >= 0.3 is 6.03 Å². The largest absolute Gasteiger partial charge is 0.352 e. The molecule has 8 nitrogen and oxygen atoms in total. The van der Waals surface area contributed by atoms with Gasteiger partial charge in [0.05, 0.1) is 35.4 Å². The van der Waals surface area contributed by atoms with Gasteiger partial charge in [0, 0.05) is 18.1 Å². The molecule has 1 aromatic carbocycles. The lowest BCUT2D eigenvalue weighted by Crippen LogP contribution is -2.56. The summed E-state index contributed by atoms with van der Waals surface area (Å²) >= 11 is 5.44. The summed E-state index contributed by atoms with van der Waals surface area (Å²) in [5, 5.41) is 13.5. The number of carbonyl (C=O) groups excluding carboxylic acids is 2. The van der Waals surface area contributed by atoms with Gasteiger partial charge in [0.2, 0.25) is 0 Å². The van der Waals surface area contributed by atoms with E-state index in [0.717, 1.165) is 0 Å². The molecular formula is C21H16N6O2S. The molecule has 0 saturated carbocycles. The molecule has 0 spiro atoms. The molecule has 0 radical (unpaired) electrons. The Morgan fingerprint density at radius 1 is 1.37 bits per heavy atom. The van der Waals surface area contributed by atoms with Gasteiger partial charge in [-0.3, -0.25) is 9.78 Å². The van der Waals surface area contributed by atoms with Crippen LogP contribution < -0.4 is 10.2 Å². The zero-order chi connectivity index (χ0) is 21.0. The summed E-state index contributed by atoms with van der Waals surface area (Å²) in [6.07, 6.45) is 7.58. The number of rotatable bonds is 2. The van der Waals surface area contributed by atoms with Crippen molar-refractivity contribution in [3.8, 4) is 18.4 Å². The van der Waals surface area contributed by atoms with E-state index in [0.29, 0.717) is 46.8 Å². The highest BCUT2D eigenvalue weighted by Gasteiger charge is 2.62. The summed E-state index contributed by atoms with van der Waals surface area (Å²) in [7, 11) is 0. The number of benzene rings is 1. The van der Waals surface area contributed by atoms with E-state index in [1.54, 1.807) is 35.4 Å². The molecule has 3 fully saturated rings. The fraction of sp³-hybridized carbons (Fsp3) is 0.286. The van der Waals surface area contributed by atoms with Crippen molar-refractivity contribution in [2.75, 3.05) is 18.0 Å². The van der Waals surface area contributed by atoms with Crippen molar-refractivity contribution in [3.05, 3.63) is 36.0 Å². The van der Waals surface area contributed by atoms with Crippen molar-refractivity contribution in [1.29, 1.82) is 5.26 Å². The minimum Gasteiger partial charge on any atom is -0.352 e. The van der Waals surface area contributed by atoms with Crippen LogP contribution in [0.2, 0.25) is 0 Å². The average Bonchev–Trinajstić information content (AvgIpc) is 3.43. The number of urea groups is 1. The van der Waals surface area contributed by atoms with Crippen molar-refractivity contribution in [2.45, 2.75) is 24.5 Å². The lowest BCUT2D eigenvalue weighted by atomic mass is 10.1. The summed E-state index contributed by atoms with van der Waals surface area (Å²) in [4.78, 5) is 35.8. The van der Waals surface area contributed by atoms with Crippen molar-refractivity contribution in [2.24, 2.45) is 0 Å². The maximum absolute atomic E-state index is 13.4. The minimum atomic E-state index is -0.593. The Kier molecular flexibility index (Phi) is 4.09. The number of nitrogens with zero attached hydrogens (tertiary/aromatic N) is 5. The second-order valence-corrected chi connectivity index (χ2v) is 7.81. The number of nitriles is 1. The first kappa shape index (κ1) is 18.3. The van der Waals surface area contributed by atoms with Crippen LogP contribution in [-0.4, -0.2) is 63.0 Å². The molecule has 3 atom stereocenters. The topological polar surface area (TPSA) is 92.6 Å². The van der Waals surface area contributed by atoms with Gasteiger partial charge in [-0.05, 0) is 42.9 Å². The molecule has 0 aliphatic carbocycles. The van der Waals surface area contributed by atoms with Crippen LogP contribution in [0.3, 0.4) is 0 Å². The molecule has 3 aliphatic heterocycles. The summed E-state index contributed by atoms with van der Waals surface area (Å²) in [5.41, 5.74) is 1.31. The first-order chi connectivity index (χ1) is 14.6. The van der Waals surface area contributed by atoms with Crippen LogP contribution >= 0.6 is 12.2 Å². The van der Waals surface area contributed by atoms with E-state index in [1.807, 2.05) is 4.90 Å². The highest BCUT2D eigenvalue weighted by atomic mass is 32.1. The van der Waals surface area contributed by atoms with Crippen molar-refractivity contribution >= 4 is 45.9 Å². The van der Waals surface area contributed by atoms with E-state index in [4.69, 9.17) is 18.6 Å². The second kappa shape index (κ2) is 6.68. The summed E-state index contributed by atoms with van der Waals surface area (Å²) in [6.45, 7) is 0.879. The van der Waals surface area contributed by atoms with Gasteiger partial charge in [0.25, 0.3) is 5.91 Å². The third kappa shape index (κ3) is 2.39. The number of piperazine rings is 1. The van der Waals surface area contributed by atoms with E-state index >= 15 is 0 Å². The number of aromatic nitrogens is 1. The van der Waals surface area contributed by atoms with E-state index in [2.05, 4.69) is 22.3 Å². The highest BCUT2D eigenvalue weighted by molar-refractivity contribution is 7.80. The second-order valence-electron chi connectivity index (χ2n) is 7.42. The van der Waals surface area contributed by atoms with Gasteiger partial charge in [-0.2, -0.15) is 5.26 Å². The van der Waals surface area contributed by atoms with Crippen LogP contribution in [0.4, 0.5) is 10.5 Å². The molecule has 30 heavy (non-hydrogen) atoms. The number of pyridine rings is 1. The van der Waals surface area contributed by atoms with Crippen LogP contribution in [0.5, 0.6) is 0 Å². The lowest BCUT2D eigenvalue weighted by Gasteiger charge is -2.36. The molecule has 4 heterocycles. The summed E-state index contributed by atoms with van der Waals surface area (Å²) in [5.74, 6) is 2.20. The Balaban J connectivity index is 1.52. The summed E-state index contributed by atoms with van der Waals surface area (Å²) in [6, 6.07) is 7.62. The molecule has 5 rings (SSSR count). The number of amides is 3. The van der Waals surface area contributed by atoms with E-state index in [-0.39, 0.29) is 24.0 Å². The molecule has 2 unspecified atom stereocenters. The molecule has 9 heteroatoms. The molecule has 3 saturated heterocycles. The van der Waals surface area contributed by atoms with Gasteiger partial charge in [0.15, 0.2) is 5.11 Å². The highest BCUT2D eigenvalue weighted by Crippen LogP contribution is 2.43. The number of carbonyl (C=O) groups is 2. The SMILES string of the molecule is C#CCNC(=S)N1C[C@H]2CC1C1C(=O)N(c3ccc(C#N)c4ncccc34)C(=O)N12. The number of fused-ring (bicyclic) bond motifs is 6. The predicted molar refractivity (Wildman–Crippen MR) is 113 cm³/mol. The first-order valence-electron chi connectivity index (χ1n) is 9.49. The Morgan fingerprint density at radius 3 is 2.97 bits per heavy atom. The number of anilines is 1. The van der Waals surface area contributed by atoms with Crippen LogP contribution in [0.1, 0.15) is 12.0 Å². The smallest absolute Gasteiger partial charge is 0.332 e. The zero-order valence-electron chi connectivity index (χ0n) is 15.8. The third-order valence-electron chi connectivity index (χ3n) is 5.98. The monoisotopic (exact) mass is 416 g/mol. The van der Waals surface area contributed by atoms with Gasteiger partial charge in [-0.1, -0.05) is 5.92 Å². The van der Waals surface area contributed by atoms with Crippen molar-refractivity contribution in [3.63, 3.8) is 0 Å². The standard InChI is InChI=1S/C21H16N6O2S/c1-2-7-24-20(30)25-11-13-9-16(25)18-19(28)27(21(29)26(13)18)15-6-5-12(10-22)17-14(15)4-3-8-23-17/h1,3-6,8,13,16,18H,7,9,11H2,(H,24,30)/t13-,16?,18?/m1/s1. The number of hydrogen-bond donors (Lipinski definition) is 1. The predicted octanol–water partition coefficient (Wildman–Crippen LogP) is 1.21. The normalized spacial score (nSPS) is 24.2. The molecule has 3 aliphatic rings. The molecule has 2 bridgehead atoms. The Labute approximate surface area is 178 Å². The lowest BCUT2D eigenvalue weighted by molar-refractivity contribution is -0.120. The van der Waals surface area contributed by atoms with Crippen molar-refractivity contribution in [1.82, 2.24) is 20.1 Å². The molecular weight excluding hydrogens is 400 g/mol. The van der Waals surface area contributed by atoms with Gasteiger partial charge in [-0.25, -0.2) is 9.69 Å². The maximum Gasteiger partial charge on any atom is 0.332 e. The Morgan fingerprint density at radius 2 is 2.20 bits per heavy atom. The fourth-order valence-corrected chi connectivity index (χ4v) is 5.07. The number of terminal acetylenes is 1. The Bertz CT molecular complexity index is 1200. The van der Waals surface area contributed by atoms with Crippen LogP contribution in [-0.2, 0) is 4.79 Å². The van der Waals surface area contributed by atoms with E-state index in [9.17, 15) is 14.9 Å². The van der Waals surface area contributed by atoms with Gasteiger partial charge in [0.1, 0.15) is 12.1 Å². The van der Waals surface area contributed by atoms with E-state index < -0.39 is 6.04 Å². The third-order valence-corrected chi connectivity index (χ3v) is 6.35. The average molecular weight is 416 g/mol. The number of likely N-dealkylation sites (tertiary alicyclic amines) is 1. The quantitative estimate of drug-likeness (QED) is 0.447. The van der Waals surface area contributed by atoms with Crippen LogP contribution in [0.25, 0.3) is 10.9 Å². The minimum absolute atomic E-state index is 0.0881. The summed E-state index contributed by atoms with van der Waals surface area (Å²) < 4.78 is 0. The van der Waals surface area contributed by atoms with E-state index in [1.165, 1.54) is 4.90 Å². The van der Waals surface area contributed by atoms with Crippen LogP contribution in [0.15, 0.2) is 30.5 Å². The number of nitrogens with one attached hydrogen (secondary N) is 1. The Hall–Kier alpha value is -3.69. The number of hydrogen-bond acceptors (Lipinski definition) is 5. The maximum atomic E-state index is 13.4. The zero-order valence-corrected chi connectivity index (χ0v) is 16.6. The van der Waals surface area contributed by atoms with Crippen LogP contribution in [0, 0.1) is 23.7 Å². The van der Waals surface area contributed by atoms with Crippen molar-refractivity contribution < 1.29 is 9.59 Å². The first-order valence-corrected chi connectivity index (χ1v) is 9.89. The molecule has 1 N–H and O–H groups in total. The van der Waals surface area contributed by atoms with Gasteiger partial charge < -0.3 is 15.1 Å². The number of imide groups is 1. The number of thiocarbonyl (C=S) groups is 1. The fourth-order valence-electron chi connectivity index (χ4n) is 4.78.